The highest BCUT2D eigenvalue weighted by Gasteiger charge is 2.15. The second kappa shape index (κ2) is 9.26. The third-order valence-electron chi connectivity index (χ3n) is 5.15. The van der Waals surface area contributed by atoms with Crippen molar-refractivity contribution in [2.24, 2.45) is 0 Å². The van der Waals surface area contributed by atoms with Gasteiger partial charge in [0.2, 0.25) is 11.1 Å². The van der Waals surface area contributed by atoms with Crippen molar-refractivity contribution < 1.29 is 13.7 Å². The van der Waals surface area contributed by atoms with Gasteiger partial charge in [-0.15, -0.1) is 0 Å². The summed E-state index contributed by atoms with van der Waals surface area (Å²) >= 11 is 0. The first-order valence-corrected chi connectivity index (χ1v) is 11.5. The summed E-state index contributed by atoms with van der Waals surface area (Å²) in [5.74, 6) is 1.41. The number of hydrogen-bond acceptors (Lipinski definition) is 4. The molecule has 3 aromatic rings. The second-order valence-electron chi connectivity index (χ2n) is 7.34. The number of aromatic nitrogens is 2. The van der Waals surface area contributed by atoms with Crippen LogP contribution in [0.25, 0.3) is 5.69 Å². The Morgan fingerprint density at radius 2 is 2.03 bits per heavy atom. The molecule has 0 fully saturated rings. The Balaban J connectivity index is 1.27. The lowest BCUT2D eigenvalue weighted by molar-refractivity contribution is -0.116. The lowest BCUT2D eigenvalue weighted by atomic mass is 10.0. The molecule has 1 N–H and O–H groups in total. The van der Waals surface area contributed by atoms with E-state index in [0.717, 1.165) is 47.5 Å². The highest BCUT2D eigenvalue weighted by atomic mass is 32.2. The zero-order valence-corrected chi connectivity index (χ0v) is 17.8. The van der Waals surface area contributed by atoms with Crippen LogP contribution in [0.15, 0.2) is 60.0 Å². The van der Waals surface area contributed by atoms with Gasteiger partial charge in [-0.2, -0.15) is 0 Å². The number of para-hydroxylation sites is 1. The Hall–Kier alpha value is -2.93. The molecule has 0 aliphatic carbocycles. The van der Waals surface area contributed by atoms with Crippen LogP contribution < -0.4 is 10.1 Å². The van der Waals surface area contributed by atoms with Gasteiger partial charge in [0.1, 0.15) is 5.75 Å². The van der Waals surface area contributed by atoms with Crippen molar-refractivity contribution in [1.82, 2.24) is 9.55 Å². The minimum absolute atomic E-state index is 0.0622. The van der Waals surface area contributed by atoms with Gasteiger partial charge in [0.15, 0.2) is 0 Å². The number of anilines is 1. The van der Waals surface area contributed by atoms with Gasteiger partial charge in [-0.25, -0.2) is 4.98 Å². The number of nitrogens with one attached hydrogen (secondary N) is 1. The molecule has 1 atom stereocenters. The van der Waals surface area contributed by atoms with E-state index in [1.807, 2.05) is 60.2 Å². The summed E-state index contributed by atoms with van der Waals surface area (Å²) in [4.78, 5) is 15.8. The molecule has 1 aliphatic rings. The van der Waals surface area contributed by atoms with Crippen molar-refractivity contribution in [1.29, 1.82) is 0 Å². The van der Waals surface area contributed by atoms with Gasteiger partial charge in [0.25, 0.3) is 0 Å². The maximum atomic E-state index is 12.8. The number of amides is 1. The van der Waals surface area contributed by atoms with Crippen molar-refractivity contribution in [2.75, 3.05) is 17.7 Å². The van der Waals surface area contributed by atoms with Gasteiger partial charge >= 0.3 is 0 Å². The molecule has 1 amide bonds. The molecule has 1 unspecified atom stereocenters. The molecular weight excluding hydrogens is 398 g/mol. The first-order valence-electron chi connectivity index (χ1n) is 10.1. The SMILES string of the molecule is Cc1ccccc1-n1ccnc1S(=O)CCCCOc1ccc2c(c1)CCC(=O)N2. The maximum Gasteiger partial charge on any atom is 0.224 e. The summed E-state index contributed by atoms with van der Waals surface area (Å²) < 4.78 is 20.5. The number of fused-ring (bicyclic) bond motifs is 1. The maximum absolute atomic E-state index is 12.8. The molecule has 30 heavy (non-hydrogen) atoms. The number of aryl methyl sites for hydroxylation is 2. The lowest BCUT2D eigenvalue weighted by Gasteiger charge is -2.17. The lowest BCUT2D eigenvalue weighted by Crippen LogP contribution is -2.18. The highest BCUT2D eigenvalue weighted by molar-refractivity contribution is 7.84. The second-order valence-corrected chi connectivity index (χ2v) is 8.80. The van der Waals surface area contributed by atoms with Crippen LogP contribution in [0, 0.1) is 6.92 Å². The smallest absolute Gasteiger partial charge is 0.224 e. The summed E-state index contributed by atoms with van der Waals surface area (Å²) in [6.07, 6.45) is 6.41. The van der Waals surface area contributed by atoms with Crippen LogP contribution >= 0.6 is 0 Å². The van der Waals surface area contributed by atoms with Crippen LogP contribution in [0.1, 0.15) is 30.4 Å². The van der Waals surface area contributed by atoms with E-state index in [-0.39, 0.29) is 5.91 Å². The topological polar surface area (TPSA) is 73.2 Å². The Morgan fingerprint density at radius 3 is 2.90 bits per heavy atom. The van der Waals surface area contributed by atoms with E-state index in [1.165, 1.54) is 0 Å². The minimum Gasteiger partial charge on any atom is -0.494 e. The zero-order chi connectivity index (χ0) is 20.9. The fourth-order valence-electron chi connectivity index (χ4n) is 3.54. The first kappa shape index (κ1) is 20.3. The van der Waals surface area contributed by atoms with Crippen molar-refractivity contribution in [2.45, 2.75) is 37.8 Å². The van der Waals surface area contributed by atoms with Crippen molar-refractivity contribution in [3.8, 4) is 11.4 Å². The van der Waals surface area contributed by atoms with Crippen LogP contribution in [0.4, 0.5) is 5.69 Å². The number of nitrogens with zero attached hydrogens (tertiary/aromatic N) is 2. The van der Waals surface area contributed by atoms with Crippen LogP contribution in [-0.4, -0.2) is 32.0 Å². The molecule has 6 nitrogen and oxygen atoms in total. The van der Waals surface area contributed by atoms with Crippen molar-refractivity contribution >= 4 is 22.4 Å². The van der Waals surface area contributed by atoms with Crippen LogP contribution in [-0.2, 0) is 22.0 Å². The van der Waals surface area contributed by atoms with Crippen molar-refractivity contribution in [3.63, 3.8) is 0 Å². The molecule has 0 saturated heterocycles. The number of carbonyl (C=O) groups excluding carboxylic acids is 1. The Labute approximate surface area is 178 Å². The van der Waals surface area contributed by atoms with Crippen LogP contribution in [0.3, 0.4) is 0 Å². The quantitative estimate of drug-likeness (QED) is 0.555. The molecule has 0 saturated carbocycles. The Bertz CT molecular complexity index is 1080. The fourth-order valence-corrected chi connectivity index (χ4v) is 4.75. The molecule has 7 heteroatoms. The van der Waals surface area contributed by atoms with E-state index >= 15 is 0 Å². The average molecular weight is 424 g/mol. The summed E-state index contributed by atoms with van der Waals surface area (Å²) in [6, 6.07) is 13.8. The van der Waals surface area contributed by atoms with E-state index in [0.29, 0.717) is 23.9 Å². The van der Waals surface area contributed by atoms with Gasteiger partial charge < -0.3 is 10.1 Å². The molecule has 1 aromatic heterocycles. The largest absolute Gasteiger partial charge is 0.494 e. The van der Waals surface area contributed by atoms with Crippen LogP contribution in [0.2, 0.25) is 0 Å². The molecule has 1 aliphatic heterocycles. The average Bonchev–Trinajstić information content (AvgIpc) is 3.23. The summed E-state index contributed by atoms with van der Waals surface area (Å²) in [5, 5.41) is 3.46. The molecular formula is C23H25N3O3S. The fraction of sp³-hybridized carbons (Fsp3) is 0.304. The number of imidazole rings is 1. The third kappa shape index (κ3) is 4.62. The Kier molecular flexibility index (Phi) is 6.28. The highest BCUT2D eigenvalue weighted by Crippen LogP contribution is 2.27. The van der Waals surface area contributed by atoms with E-state index < -0.39 is 10.8 Å². The van der Waals surface area contributed by atoms with Gasteiger partial charge in [-0.05, 0) is 61.6 Å². The number of rotatable bonds is 8. The van der Waals surface area contributed by atoms with Gasteiger partial charge in [0.05, 0.1) is 23.1 Å². The van der Waals surface area contributed by atoms with E-state index in [2.05, 4.69) is 10.3 Å². The van der Waals surface area contributed by atoms with E-state index in [9.17, 15) is 9.00 Å². The summed E-state index contributed by atoms with van der Waals surface area (Å²) in [6.45, 7) is 2.60. The minimum atomic E-state index is -1.17. The summed E-state index contributed by atoms with van der Waals surface area (Å²) in [7, 11) is -1.17. The monoisotopic (exact) mass is 423 g/mol. The molecule has 0 bridgehead atoms. The number of hydrogen-bond donors (Lipinski definition) is 1. The first-order chi connectivity index (χ1) is 14.6. The molecule has 2 heterocycles. The zero-order valence-electron chi connectivity index (χ0n) is 17.0. The molecule has 2 aromatic carbocycles. The number of carbonyl (C=O) groups is 1. The molecule has 0 radical (unpaired) electrons. The number of ether oxygens (including phenoxy) is 1. The van der Waals surface area contributed by atoms with E-state index in [4.69, 9.17) is 4.74 Å². The normalized spacial score (nSPS) is 14.1. The predicted molar refractivity (Wildman–Crippen MR) is 118 cm³/mol. The number of benzene rings is 2. The van der Waals surface area contributed by atoms with E-state index in [1.54, 1.807) is 6.20 Å². The number of unbranched alkanes of at least 4 members (excludes halogenated alkanes) is 1. The van der Waals surface area contributed by atoms with Crippen LogP contribution in [0.5, 0.6) is 5.75 Å². The molecule has 156 valence electrons. The Morgan fingerprint density at radius 1 is 1.17 bits per heavy atom. The standard InChI is InChI=1S/C23H25N3O3S/c1-17-6-2-3-7-21(17)26-13-12-24-23(26)30(28)15-5-4-14-29-19-9-10-20-18(16-19)8-11-22(27)25-20/h2-3,6-7,9-10,12-13,16H,4-5,8,11,14-15H2,1H3,(H,25,27). The summed E-state index contributed by atoms with van der Waals surface area (Å²) in [5.41, 5.74) is 4.10. The van der Waals surface area contributed by atoms with Gasteiger partial charge in [-0.1, -0.05) is 18.2 Å². The molecule has 0 spiro atoms. The van der Waals surface area contributed by atoms with Crippen molar-refractivity contribution in [3.05, 3.63) is 66.0 Å². The predicted octanol–water partition coefficient (Wildman–Crippen LogP) is 4.03. The molecule has 4 rings (SSSR count). The van der Waals surface area contributed by atoms with Gasteiger partial charge in [-0.3, -0.25) is 13.6 Å². The van der Waals surface area contributed by atoms with Gasteiger partial charge in [0, 0.05) is 30.3 Å². The third-order valence-corrected chi connectivity index (χ3v) is 6.52.